The molecule has 1 saturated heterocycles. The molecule has 0 saturated carbocycles. The summed E-state index contributed by atoms with van der Waals surface area (Å²) in [5.74, 6) is 1.60. The molecule has 0 radical (unpaired) electrons. The van der Waals surface area contributed by atoms with Crippen molar-refractivity contribution in [1.29, 1.82) is 0 Å². The van der Waals surface area contributed by atoms with E-state index in [0.717, 1.165) is 42.9 Å². The number of imidazole rings is 1. The van der Waals surface area contributed by atoms with Crippen molar-refractivity contribution in [1.82, 2.24) is 14.9 Å². The van der Waals surface area contributed by atoms with Crippen molar-refractivity contribution in [3.63, 3.8) is 0 Å². The second-order valence-electron chi connectivity index (χ2n) is 7.41. The first kappa shape index (κ1) is 17.6. The van der Waals surface area contributed by atoms with Gasteiger partial charge >= 0.3 is 0 Å². The molecular weight excluding hydrogens is 336 g/mol. The van der Waals surface area contributed by atoms with E-state index < -0.39 is 0 Å². The smallest absolute Gasteiger partial charge is 0.222 e. The fraction of sp³-hybridized carbons (Fsp3) is 0.364. The molecule has 1 fully saturated rings. The first-order valence-corrected chi connectivity index (χ1v) is 9.66. The lowest BCUT2D eigenvalue weighted by Crippen LogP contribution is -2.33. The summed E-state index contributed by atoms with van der Waals surface area (Å²) in [6.45, 7) is 2.91. The molecule has 2 aromatic carbocycles. The van der Waals surface area contributed by atoms with Crippen molar-refractivity contribution in [2.24, 2.45) is 5.92 Å². The van der Waals surface area contributed by atoms with Gasteiger partial charge in [-0.1, -0.05) is 30.3 Å². The minimum absolute atomic E-state index is 0.189. The zero-order valence-corrected chi connectivity index (χ0v) is 15.8. The van der Waals surface area contributed by atoms with E-state index in [1.54, 1.807) is 0 Å². The van der Waals surface area contributed by atoms with E-state index in [1.807, 2.05) is 42.3 Å². The molecule has 5 nitrogen and oxygen atoms in total. The van der Waals surface area contributed by atoms with Gasteiger partial charge in [-0.25, -0.2) is 4.98 Å². The Balaban J connectivity index is 1.27. The molecule has 1 N–H and O–H groups in total. The second-order valence-corrected chi connectivity index (χ2v) is 7.41. The van der Waals surface area contributed by atoms with Crippen LogP contribution >= 0.6 is 0 Å². The molecule has 0 spiro atoms. The van der Waals surface area contributed by atoms with E-state index in [2.05, 4.69) is 39.1 Å². The summed E-state index contributed by atoms with van der Waals surface area (Å²) in [6.07, 6.45) is 2.28. The van der Waals surface area contributed by atoms with Gasteiger partial charge in [-0.05, 0) is 36.6 Å². The highest BCUT2D eigenvalue weighted by atomic mass is 16.2. The lowest BCUT2D eigenvalue weighted by molar-refractivity contribution is -0.130. The number of para-hydroxylation sites is 3. The molecule has 1 amide bonds. The number of nitrogens with one attached hydrogen (secondary N) is 1. The number of carbonyl (C=O) groups excluding carboxylic acids is 1. The number of hydrogen-bond acceptors (Lipinski definition) is 3. The number of benzene rings is 2. The SMILES string of the molecule is CN(CC1CCN(c2ccccc2)C1)C(=O)CCc1nc2ccccc2[nH]1. The van der Waals surface area contributed by atoms with E-state index in [4.69, 9.17) is 0 Å². The molecule has 5 heteroatoms. The molecule has 27 heavy (non-hydrogen) atoms. The molecular formula is C22H26N4O. The Morgan fingerprint density at radius 2 is 1.96 bits per heavy atom. The average Bonchev–Trinajstić information content (AvgIpc) is 3.33. The van der Waals surface area contributed by atoms with Crippen molar-refractivity contribution in [2.45, 2.75) is 19.3 Å². The van der Waals surface area contributed by atoms with Crippen LogP contribution in [0, 0.1) is 5.92 Å². The average molecular weight is 362 g/mol. The van der Waals surface area contributed by atoms with E-state index in [9.17, 15) is 4.79 Å². The molecule has 1 unspecified atom stereocenters. The van der Waals surface area contributed by atoms with Crippen LogP contribution < -0.4 is 4.90 Å². The molecule has 1 aromatic heterocycles. The number of H-pyrrole nitrogens is 1. The maximum absolute atomic E-state index is 12.5. The Bertz CT molecular complexity index is 872. The summed E-state index contributed by atoms with van der Waals surface area (Å²) in [5, 5.41) is 0. The number of fused-ring (bicyclic) bond motifs is 1. The Labute approximate surface area is 160 Å². The van der Waals surface area contributed by atoms with Gasteiger partial charge in [0.15, 0.2) is 0 Å². The number of anilines is 1. The van der Waals surface area contributed by atoms with Crippen LogP contribution in [-0.4, -0.2) is 47.5 Å². The summed E-state index contributed by atoms with van der Waals surface area (Å²) in [6, 6.07) is 18.5. The van der Waals surface area contributed by atoms with Gasteiger partial charge in [0.1, 0.15) is 5.82 Å². The minimum atomic E-state index is 0.189. The van der Waals surface area contributed by atoms with Crippen LogP contribution in [-0.2, 0) is 11.2 Å². The van der Waals surface area contributed by atoms with E-state index >= 15 is 0 Å². The number of amides is 1. The van der Waals surface area contributed by atoms with Crippen molar-refractivity contribution in [2.75, 3.05) is 31.6 Å². The topological polar surface area (TPSA) is 52.2 Å². The van der Waals surface area contributed by atoms with Crippen LogP contribution in [0.15, 0.2) is 54.6 Å². The van der Waals surface area contributed by atoms with E-state index in [0.29, 0.717) is 18.8 Å². The number of aromatic nitrogens is 2. The maximum Gasteiger partial charge on any atom is 0.222 e. The summed E-state index contributed by atoms with van der Waals surface area (Å²) in [7, 11) is 1.92. The van der Waals surface area contributed by atoms with Crippen molar-refractivity contribution >= 4 is 22.6 Å². The monoisotopic (exact) mass is 362 g/mol. The van der Waals surface area contributed by atoms with Crippen LogP contribution in [0.25, 0.3) is 11.0 Å². The van der Waals surface area contributed by atoms with Gasteiger partial charge < -0.3 is 14.8 Å². The molecule has 2 heterocycles. The predicted molar refractivity (Wildman–Crippen MR) is 109 cm³/mol. The van der Waals surface area contributed by atoms with Crippen molar-refractivity contribution < 1.29 is 4.79 Å². The fourth-order valence-corrected chi connectivity index (χ4v) is 3.88. The number of nitrogens with zero attached hydrogens (tertiary/aromatic N) is 3. The molecule has 0 bridgehead atoms. The maximum atomic E-state index is 12.5. The molecule has 1 atom stereocenters. The highest BCUT2D eigenvalue weighted by Crippen LogP contribution is 2.24. The highest BCUT2D eigenvalue weighted by Gasteiger charge is 2.25. The van der Waals surface area contributed by atoms with Crippen LogP contribution in [0.3, 0.4) is 0 Å². The predicted octanol–water partition coefficient (Wildman–Crippen LogP) is 3.48. The highest BCUT2D eigenvalue weighted by molar-refractivity contribution is 5.77. The minimum Gasteiger partial charge on any atom is -0.371 e. The Kier molecular flexibility index (Phi) is 5.10. The summed E-state index contributed by atoms with van der Waals surface area (Å²) in [4.78, 5) is 24.7. The van der Waals surface area contributed by atoms with E-state index in [-0.39, 0.29) is 5.91 Å². The number of carbonyl (C=O) groups is 1. The Morgan fingerprint density at radius 3 is 2.78 bits per heavy atom. The number of hydrogen-bond donors (Lipinski definition) is 1. The summed E-state index contributed by atoms with van der Waals surface area (Å²) >= 11 is 0. The standard InChI is InChI=1S/C22H26N4O/c1-25(15-17-13-14-26(16-17)18-7-3-2-4-8-18)22(27)12-11-21-23-19-9-5-6-10-20(19)24-21/h2-10,17H,11-16H2,1H3,(H,23,24). The summed E-state index contributed by atoms with van der Waals surface area (Å²) in [5.41, 5.74) is 3.26. The molecule has 1 aliphatic heterocycles. The third-order valence-corrected chi connectivity index (χ3v) is 5.38. The first-order valence-electron chi connectivity index (χ1n) is 9.66. The van der Waals surface area contributed by atoms with Gasteiger partial charge in [0.25, 0.3) is 0 Å². The third-order valence-electron chi connectivity index (χ3n) is 5.38. The first-order chi connectivity index (χ1) is 13.2. The molecule has 0 aliphatic carbocycles. The zero-order chi connectivity index (χ0) is 18.6. The molecule has 3 aromatic rings. The Morgan fingerprint density at radius 1 is 1.19 bits per heavy atom. The van der Waals surface area contributed by atoms with Crippen LogP contribution in [0.5, 0.6) is 0 Å². The van der Waals surface area contributed by atoms with Crippen molar-refractivity contribution in [3.8, 4) is 0 Å². The van der Waals surface area contributed by atoms with Crippen LogP contribution in [0.1, 0.15) is 18.7 Å². The lowest BCUT2D eigenvalue weighted by atomic mass is 10.1. The van der Waals surface area contributed by atoms with E-state index in [1.165, 1.54) is 5.69 Å². The van der Waals surface area contributed by atoms with Crippen LogP contribution in [0.2, 0.25) is 0 Å². The van der Waals surface area contributed by atoms with Gasteiger partial charge in [-0.3, -0.25) is 4.79 Å². The van der Waals surface area contributed by atoms with Crippen LogP contribution in [0.4, 0.5) is 5.69 Å². The third kappa shape index (κ3) is 4.13. The zero-order valence-electron chi connectivity index (χ0n) is 15.8. The van der Waals surface area contributed by atoms with Gasteiger partial charge in [-0.2, -0.15) is 0 Å². The second kappa shape index (κ2) is 7.82. The quantitative estimate of drug-likeness (QED) is 0.730. The van der Waals surface area contributed by atoms with Gasteiger partial charge in [0.05, 0.1) is 11.0 Å². The number of aromatic amines is 1. The fourth-order valence-electron chi connectivity index (χ4n) is 3.88. The van der Waals surface area contributed by atoms with Gasteiger partial charge in [0, 0.05) is 45.2 Å². The number of rotatable bonds is 6. The van der Waals surface area contributed by atoms with Gasteiger partial charge in [0.2, 0.25) is 5.91 Å². The molecule has 140 valence electrons. The van der Waals surface area contributed by atoms with Crippen molar-refractivity contribution in [3.05, 3.63) is 60.4 Å². The molecule has 1 aliphatic rings. The lowest BCUT2D eigenvalue weighted by Gasteiger charge is -2.22. The largest absolute Gasteiger partial charge is 0.371 e. The molecule has 4 rings (SSSR count). The normalized spacial score (nSPS) is 16.8. The van der Waals surface area contributed by atoms with Gasteiger partial charge in [-0.15, -0.1) is 0 Å². The summed E-state index contributed by atoms with van der Waals surface area (Å²) < 4.78 is 0. The number of aryl methyl sites for hydroxylation is 1. The Hall–Kier alpha value is -2.82.